The summed E-state index contributed by atoms with van der Waals surface area (Å²) in [5, 5.41) is 24.8. The van der Waals surface area contributed by atoms with Gasteiger partial charge in [-0.25, -0.2) is 0 Å². The smallest absolute Gasteiger partial charge is 0.314 e. The summed E-state index contributed by atoms with van der Waals surface area (Å²) in [6.45, 7) is 0. The maximum Gasteiger partial charge on any atom is 0.314 e. The van der Waals surface area contributed by atoms with Crippen molar-refractivity contribution in [1.29, 1.82) is 5.26 Å². The van der Waals surface area contributed by atoms with E-state index in [1.807, 2.05) is 5.40 Å². The first-order chi connectivity index (χ1) is 10.6. The number of hydrogen-bond donors (Lipinski definition) is 3. The van der Waals surface area contributed by atoms with Gasteiger partial charge in [-0.15, -0.1) is 0 Å². The van der Waals surface area contributed by atoms with E-state index in [0.717, 1.165) is 16.7 Å². The topological polar surface area (TPSA) is 102 Å². The number of aromatic hydroxyl groups is 1. The van der Waals surface area contributed by atoms with Gasteiger partial charge >= 0.3 is 11.8 Å². The number of para-hydroxylation sites is 2. The van der Waals surface area contributed by atoms with Crippen LogP contribution in [-0.2, 0) is 9.59 Å². The fourth-order valence-electron chi connectivity index (χ4n) is 1.61. The fourth-order valence-corrected chi connectivity index (χ4v) is 1.98. The number of phenolic OH excluding ortho intramolecular Hbond substituents is 1. The zero-order valence-electron chi connectivity index (χ0n) is 11.2. The van der Waals surface area contributed by atoms with Crippen LogP contribution in [0.1, 0.15) is 0 Å². The van der Waals surface area contributed by atoms with Crippen LogP contribution in [0.2, 0.25) is 0 Å². The number of benzene rings is 2. The molecule has 0 aliphatic carbocycles. The van der Waals surface area contributed by atoms with Gasteiger partial charge in [0.25, 0.3) is 0 Å². The number of amides is 2. The molecule has 0 saturated heterocycles. The van der Waals surface area contributed by atoms with Crippen LogP contribution >= 0.6 is 11.8 Å². The first-order valence-corrected chi connectivity index (χ1v) is 6.98. The average molecular weight is 313 g/mol. The summed E-state index contributed by atoms with van der Waals surface area (Å²) in [6, 6.07) is 12.6. The van der Waals surface area contributed by atoms with E-state index >= 15 is 0 Å². The van der Waals surface area contributed by atoms with Crippen molar-refractivity contribution in [2.75, 3.05) is 10.6 Å². The third-order valence-corrected chi connectivity index (χ3v) is 3.23. The lowest BCUT2D eigenvalue weighted by atomic mass is 10.3. The number of hydrogen-bond acceptors (Lipinski definition) is 5. The first kappa shape index (κ1) is 15.4. The Labute approximate surface area is 130 Å². The highest BCUT2D eigenvalue weighted by Gasteiger charge is 2.15. The number of phenols is 1. The quantitative estimate of drug-likeness (QED) is 0.350. The maximum atomic E-state index is 11.8. The Morgan fingerprint density at radius 1 is 1.00 bits per heavy atom. The number of nitrogens with zero attached hydrogens (tertiary/aromatic N) is 1. The molecular formula is C15H11N3O3S. The third kappa shape index (κ3) is 4.01. The number of rotatable bonds is 3. The van der Waals surface area contributed by atoms with Crippen LogP contribution < -0.4 is 10.6 Å². The van der Waals surface area contributed by atoms with Gasteiger partial charge in [0.05, 0.1) is 5.69 Å². The van der Waals surface area contributed by atoms with Crippen molar-refractivity contribution in [1.82, 2.24) is 0 Å². The second kappa shape index (κ2) is 7.15. The Balaban J connectivity index is 1.98. The Hall–Kier alpha value is -2.98. The predicted octanol–water partition coefficient (Wildman–Crippen LogP) is 2.54. The minimum Gasteiger partial charge on any atom is -0.506 e. The highest BCUT2D eigenvalue weighted by Crippen LogP contribution is 2.22. The number of thiocyanates is 1. The Morgan fingerprint density at radius 3 is 2.27 bits per heavy atom. The molecule has 22 heavy (non-hydrogen) atoms. The zero-order chi connectivity index (χ0) is 15.9. The molecular weight excluding hydrogens is 302 g/mol. The molecule has 0 radical (unpaired) electrons. The van der Waals surface area contributed by atoms with E-state index in [-0.39, 0.29) is 11.4 Å². The van der Waals surface area contributed by atoms with Crippen molar-refractivity contribution >= 4 is 35.0 Å². The lowest BCUT2D eigenvalue weighted by molar-refractivity contribution is -0.133. The van der Waals surface area contributed by atoms with Crippen molar-refractivity contribution in [3.63, 3.8) is 0 Å². The van der Waals surface area contributed by atoms with Gasteiger partial charge in [0.1, 0.15) is 11.2 Å². The molecule has 0 bridgehead atoms. The number of carbonyl (C=O) groups is 2. The van der Waals surface area contributed by atoms with Crippen molar-refractivity contribution in [2.24, 2.45) is 0 Å². The largest absolute Gasteiger partial charge is 0.506 e. The van der Waals surface area contributed by atoms with E-state index in [1.54, 1.807) is 36.4 Å². The summed E-state index contributed by atoms with van der Waals surface area (Å²) in [7, 11) is 0. The van der Waals surface area contributed by atoms with Crippen LogP contribution in [0, 0.1) is 10.7 Å². The molecule has 0 saturated carbocycles. The number of carbonyl (C=O) groups excluding carboxylic acids is 2. The van der Waals surface area contributed by atoms with Crippen LogP contribution in [0.5, 0.6) is 5.75 Å². The van der Waals surface area contributed by atoms with E-state index in [2.05, 4.69) is 10.6 Å². The summed E-state index contributed by atoms with van der Waals surface area (Å²) < 4.78 is 0. The van der Waals surface area contributed by atoms with Gasteiger partial charge in [0.15, 0.2) is 0 Å². The molecule has 2 aromatic rings. The summed E-state index contributed by atoms with van der Waals surface area (Å²) >= 11 is 0.998. The highest BCUT2D eigenvalue weighted by atomic mass is 32.2. The molecule has 6 nitrogen and oxygen atoms in total. The number of anilines is 2. The molecule has 0 aliphatic heterocycles. The SMILES string of the molecule is N#CSc1ccc(NC(=O)C(=O)Nc2ccccc2O)cc1. The number of nitrogens with one attached hydrogen (secondary N) is 2. The molecule has 110 valence electrons. The van der Waals surface area contributed by atoms with E-state index < -0.39 is 11.8 Å². The summed E-state index contributed by atoms with van der Waals surface area (Å²) in [6.07, 6.45) is 0. The normalized spacial score (nSPS) is 9.59. The van der Waals surface area contributed by atoms with Crippen LogP contribution in [0.25, 0.3) is 0 Å². The van der Waals surface area contributed by atoms with Crippen molar-refractivity contribution in [2.45, 2.75) is 4.90 Å². The van der Waals surface area contributed by atoms with Gasteiger partial charge in [-0.2, -0.15) is 5.26 Å². The highest BCUT2D eigenvalue weighted by molar-refractivity contribution is 8.03. The molecule has 0 unspecified atom stereocenters. The molecule has 7 heteroatoms. The van der Waals surface area contributed by atoms with E-state index in [4.69, 9.17) is 5.26 Å². The standard InChI is InChI=1S/C15H11N3O3S/c16-9-22-11-7-5-10(6-8-11)17-14(20)15(21)18-12-3-1-2-4-13(12)19/h1-8,19H,(H,17,20)(H,18,21). The minimum absolute atomic E-state index is 0.124. The molecule has 0 fully saturated rings. The van der Waals surface area contributed by atoms with Gasteiger partial charge in [0.2, 0.25) is 0 Å². The summed E-state index contributed by atoms with van der Waals surface area (Å²) in [5.41, 5.74) is 0.586. The Kier molecular flexibility index (Phi) is 5.01. The molecule has 2 amide bonds. The third-order valence-electron chi connectivity index (χ3n) is 2.63. The Morgan fingerprint density at radius 2 is 1.64 bits per heavy atom. The molecule has 0 aromatic heterocycles. The van der Waals surface area contributed by atoms with Crippen LogP contribution in [0.4, 0.5) is 11.4 Å². The van der Waals surface area contributed by atoms with Crippen molar-refractivity contribution < 1.29 is 14.7 Å². The monoisotopic (exact) mass is 313 g/mol. The van der Waals surface area contributed by atoms with Crippen molar-refractivity contribution in [3.8, 4) is 11.2 Å². The van der Waals surface area contributed by atoms with Crippen molar-refractivity contribution in [3.05, 3.63) is 48.5 Å². The number of nitriles is 1. The first-order valence-electron chi connectivity index (χ1n) is 6.16. The van der Waals surface area contributed by atoms with E-state index in [1.165, 1.54) is 12.1 Å². The van der Waals surface area contributed by atoms with Gasteiger partial charge in [-0.1, -0.05) is 12.1 Å². The predicted molar refractivity (Wildman–Crippen MR) is 83.3 cm³/mol. The molecule has 0 aliphatic rings. The molecule has 0 heterocycles. The molecule has 2 rings (SSSR count). The maximum absolute atomic E-state index is 11.8. The van der Waals surface area contributed by atoms with Gasteiger partial charge in [-0.3, -0.25) is 9.59 Å². The fraction of sp³-hybridized carbons (Fsp3) is 0. The second-order valence-corrected chi connectivity index (χ2v) is 5.00. The van der Waals surface area contributed by atoms with E-state index in [0.29, 0.717) is 5.69 Å². The van der Waals surface area contributed by atoms with Gasteiger partial charge < -0.3 is 15.7 Å². The molecule has 0 spiro atoms. The molecule has 3 N–H and O–H groups in total. The Bertz CT molecular complexity index is 738. The number of thioether (sulfide) groups is 1. The van der Waals surface area contributed by atoms with Crippen LogP contribution in [-0.4, -0.2) is 16.9 Å². The molecule has 0 atom stereocenters. The summed E-state index contributed by atoms with van der Waals surface area (Å²) in [4.78, 5) is 24.3. The lowest BCUT2D eigenvalue weighted by Gasteiger charge is -2.08. The summed E-state index contributed by atoms with van der Waals surface area (Å²) in [5.74, 6) is -1.87. The van der Waals surface area contributed by atoms with Crippen LogP contribution in [0.15, 0.2) is 53.4 Å². The van der Waals surface area contributed by atoms with Gasteiger partial charge in [-0.05, 0) is 48.2 Å². The average Bonchev–Trinajstić information content (AvgIpc) is 2.51. The minimum atomic E-state index is -0.892. The van der Waals surface area contributed by atoms with Gasteiger partial charge in [0, 0.05) is 10.6 Å². The molecule has 2 aromatic carbocycles. The zero-order valence-corrected chi connectivity index (χ0v) is 12.1. The lowest BCUT2D eigenvalue weighted by Crippen LogP contribution is -2.29. The van der Waals surface area contributed by atoms with Crippen LogP contribution in [0.3, 0.4) is 0 Å². The second-order valence-electron chi connectivity index (χ2n) is 4.14. The van der Waals surface area contributed by atoms with E-state index in [9.17, 15) is 14.7 Å².